The Balaban J connectivity index is 1.20. The molecule has 1 aliphatic rings. The van der Waals surface area contributed by atoms with E-state index in [-0.39, 0.29) is 5.41 Å². The minimum atomic E-state index is 0.0750. The maximum absolute atomic E-state index is 2.41. The van der Waals surface area contributed by atoms with Crippen molar-refractivity contribution in [1.29, 1.82) is 0 Å². The molecule has 1 fully saturated rings. The zero-order chi connectivity index (χ0) is 30.8. The average Bonchev–Trinajstić information content (AvgIpc) is 3.40. The Bertz CT molecular complexity index is 2080. The standard InChI is InChI=1S/C45H39N/c1-2-11-31-45(30-10-1,40-16-4-3-5-17-40)41-23-28-43(29-24-41)46(44-27-22-35-13-7-9-15-38(35)33-44)42-25-20-36(21-26-42)39-19-18-34-12-6-8-14-37(34)32-39/h3-9,12-29,32-33H,1-2,10-11,30-31H2. The van der Waals surface area contributed by atoms with Crippen molar-refractivity contribution < 1.29 is 0 Å². The van der Waals surface area contributed by atoms with E-state index in [0.717, 1.165) is 11.4 Å². The van der Waals surface area contributed by atoms with Gasteiger partial charge in [-0.3, -0.25) is 0 Å². The smallest absolute Gasteiger partial charge is 0.0468 e. The van der Waals surface area contributed by atoms with Gasteiger partial charge in [-0.15, -0.1) is 0 Å². The summed E-state index contributed by atoms with van der Waals surface area (Å²) >= 11 is 0. The molecule has 0 radical (unpaired) electrons. The van der Waals surface area contributed by atoms with E-state index in [0.29, 0.717) is 0 Å². The number of rotatable bonds is 6. The third-order valence-electron chi connectivity index (χ3n) is 10.2. The first-order chi connectivity index (χ1) is 22.8. The molecule has 0 saturated heterocycles. The summed E-state index contributed by atoms with van der Waals surface area (Å²) in [5, 5.41) is 5.04. The van der Waals surface area contributed by atoms with Crippen molar-refractivity contribution in [2.75, 3.05) is 4.90 Å². The average molecular weight is 594 g/mol. The molecule has 0 unspecified atom stereocenters. The van der Waals surface area contributed by atoms with E-state index in [2.05, 4.69) is 169 Å². The van der Waals surface area contributed by atoms with Crippen LogP contribution >= 0.6 is 0 Å². The highest BCUT2D eigenvalue weighted by atomic mass is 15.1. The second-order valence-corrected chi connectivity index (χ2v) is 12.9. The Labute approximate surface area is 272 Å². The summed E-state index contributed by atoms with van der Waals surface area (Å²) < 4.78 is 0. The molecule has 0 aliphatic heterocycles. The molecule has 0 aromatic heterocycles. The van der Waals surface area contributed by atoms with Gasteiger partial charge in [0.15, 0.2) is 0 Å². The molecule has 1 nitrogen and oxygen atoms in total. The van der Waals surface area contributed by atoms with E-state index < -0.39 is 0 Å². The van der Waals surface area contributed by atoms with Crippen LogP contribution in [0.4, 0.5) is 17.1 Å². The van der Waals surface area contributed by atoms with Crippen molar-refractivity contribution in [3.8, 4) is 11.1 Å². The summed E-state index contributed by atoms with van der Waals surface area (Å²) in [4.78, 5) is 2.41. The van der Waals surface area contributed by atoms with Crippen LogP contribution in [-0.2, 0) is 5.41 Å². The molecule has 1 heteroatoms. The lowest BCUT2D eigenvalue weighted by molar-refractivity contribution is 0.446. The van der Waals surface area contributed by atoms with Crippen LogP contribution in [0.5, 0.6) is 0 Å². The summed E-state index contributed by atoms with van der Waals surface area (Å²) in [5.41, 5.74) is 8.93. The predicted molar refractivity (Wildman–Crippen MR) is 196 cm³/mol. The van der Waals surface area contributed by atoms with Gasteiger partial charge in [-0.2, -0.15) is 0 Å². The van der Waals surface area contributed by atoms with Crippen LogP contribution in [0.3, 0.4) is 0 Å². The molecule has 0 spiro atoms. The lowest BCUT2D eigenvalue weighted by atomic mass is 9.69. The second kappa shape index (κ2) is 12.3. The Kier molecular flexibility index (Phi) is 7.60. The van der Waals surface area contributed by atoms with E-state index in [1.165, 1.54) is 88.0 Å². The maximum Gasteiger partial charge on any atom is 0.0468 e. The zero-order valence-corrected chi connectivity index (χ0v) is 26.3. The van der Waals surface area contributed by atoms with Gasteiger partial charge in [-0.05, 0) is 99.1 Å². The second-order valence-electron chi connectivity index (χ2n) is 12.9. The highest BCUT2D eigenvalue weighted by Gasteiger charge is 2.34. The SMILES string of the molecule is c1ccc(C2(c3ccc(N(c4ccc(-c5ccc6ccccc6c5)cc4)c4ccc5ccccc5c4)cc3)CCCCCC2)cc1. The molecule has 0 amide bonds. The summed E-state index contributed by atoms with van der Waals surface area (Å²) in [7, 11) is 0. The first-order valence-electron chi connectivity index (χ1n) is 16.8. The van der Waals surface area contributed by atoms with E-state index >= 15 is 0 Å². The van der Waals surface area contributed by atoms with Crippen molar-refractivity contribution in [3.05, 3.63) is 175 Å². The van der Waals surface area contributed by atoms with E-state index in [9.17, 15) is 0 Å². The van der Waals surface area contributed by atoms with Gasteiger partial charge in [-0.1, -0.05) is 147 Å². The molecule has 224 valence electrons. The number of benzene rings is 7. The molecular formula is C45H39N. The van der Waals surface area contributed by atoms with Crippen LogP contribution in [0.15, 0.2) is 164 Å². The van der Waals surface area contributed by atoms with Crippen molar-refractivity contribution in [1.82, 2.24) is 0 Å². The monoisotopic (exact) mass is 593 g/mol. The Morgan fingerprint density at radius 2 is 0.826 bits per heavy atom. The number of hydrogen-bond donors (Lipinski definition) is 0. The largest absolute Gasteiger partial charge is 0.310 e. The fourth-order valence-corrected chi connectivity index (χ4v) is 7.70. The number of hydrogen-bond acceptors (Lipinski definition) is 1. The van der Waals surface area contributed by atoms with Crippen LogP contribution in [0.25, 0.3) is 32.7 Å². The maximum atomic E-state index is 2.41. The van der Waals surface area contributed by atoms with Crippen LogP contribution in [-0.4, -0.2) is 0 Å². The Hall–Kier alpha value is -5.14. The van der Waals surface area contributed by atoms with Crippen molar-refractivity contribution in [3.63, 3.8) is 0 Å². The minimum Gasteiger partial charge on any atom is -0.310 e. The summed E-state index contributed by atoms with van der Waals surface area (Å²) in [5.74, 6) is 0. The number of nitrogens with zero attached hydrogens (tertiary/aromatic N) is 1. The molecule has 8 rings (SSSR count). The summed E-state index contributed by atoms with van der Waals surface area (Å²) in [6.45, 7) is 0. The first kappa shape index (κ1) is 28.3. The summed E-state index contributed by atoms with van der Waals surface area (Å²) in [6.07, 6.45) is 7.64. The fourth-order valence-electron chi connectivity index (χ4n) is 7.70. The predicted octanol–water partition coefficient (Wildman–Crippen LogP) is 12.8. The van der Waals surface area contributed by atoms with Crippen molar-refractivity contribution >= 4 is 38.6 Å². The molecule has 0 atom stereocenters. The molecule has 7 aromatic rings. The van der Waals surface area contributed by atoms with Crippen LogP contribution < -0.4 is 4.90 Å². The normalized spacial score (nSPS) is 14.6. The van der Waals surface area contributed by atoms with Gasteiger partial charge in [0.05, 0.1) is 0 Å². The van der Waals surface area contributed by atoms with Crippen LogP contribution in [0, 0.1) is 0 Å². The van der Waals surface area contributed by atoms with Gasteiger partial charge >= 0.3 is 0 Å². The minimum absolute atomic E-state index is 0.0750. The quantitative estimate of drug-likeness (QED) is 0.173. The van der Waals surface area contributed by atoms with E-state index in [1.54, 1.807) is 0 Å². The van der Waals surface area contributed by atoms with Gasteiger partial charge in [0, 0.05) is 22.5 Å². The van der Waals surface area contributed by atoms with Gasteiger partial charge in [0.2, 0.25) is 0 Å². The van der Waals surface area contributed by atoms with Crippen LogP contribution in [0.1, 0.15) is 49.7 Å². The Morgan fingerprint density at radius 3 is 1.48 bits per heavy atom. The van der Waals surface area contributed by atoms with Gasteiger partial charge in [0.1, 0.15) is 0 Å². The Morgan fingerprint density at radius 1 is 0.348 bits per heavy atom. The van der Waals surface area contributed by atoms with Crippen molar-refractivity contribution in [2.45, 2.75) is 43.9 Å². The lowest BCUT2D eigenvalue weighted by Gasteiger charge is -2.35. The van der Waals surface area contributed by atoms with Crippen molar-refractivity contribution in [2.24, 2.45) is 0 Å². The van der Waals surface area contributed by atoms with Crippen LogP contribution in [0.2, 0.25) is 0 Å². The lowest BCUT2D eigenvalue weighted by Crippen LogP contribution is -2.27. The fraction of sp³-hybridized carbons (Fsp3) is 0.156. The summed E-state index contributed by atoms with van der Waals surface area (Å²) in [6, 6.07) is 60.6. The van der Waals surface area contributed by atoms with Gasteiger partial charge in [0.25, 0.3) is 0 Å². The third kappa shape index (κ3) is 5.37. The molecule has 7 aromatic carbocycles. The molecule has 0 bridgehead atoms. The first-order valence-corrected chi connectivity index (χ1v) is 16.8. The molecule has 46 heavy (non-hydrogen) atoms. The molecule has 0 heterocycles. The molecule has 0 N–H and O–H groups in total. The number of fused-ring (bicyclic) bond motifs is 2. The van der Waals surface area contributed by atoms with Gasteiger partial charge < -0.3 is 4.90 Å². The highest BCUT2D eigenvalue weighted by Crippen LogP contribution is 2.45. The molecular weight excluding hydrogens is 555 g/mol. The highest BCUT2D eigenvalue weighted by molar-refractivity contribution is 5.90. The third-order valence-corrected chi connectivity index (χ3v) is 10.2. The topological polar surface area (TPSA) is 3.24 Å². The van der Waals surface area contributed by atoms with E-state index in [4.69, 9.17) is 0 Å². The van der Waals surface area contributed by atoms with Gasteiger partial charge in [-0.25, -0.2) is 0 Å². The number of anilines is 3. The zero-order valence-electron chi connectivity index (χ0n) is 26.3. The van der Waals surface area contributed by atoms with E-state index in [1.807, 2.05) is 0 Å². The molecule has 1 saturated carbocycles. The molecule has 1 aliphatic carbocycles.